The molecule has 1 aromatic carbocycles. The van der Waals surface area contributed by atoms with E-state index in [4.69, 9.17) is 21.1 Å². The number of fused-ring (bicyclic) bond motifs is 3. The van der Waals surface area contributed by atoms with Gasteiger partial charge >= 0.3 is 6.03 Å². The van der Waals surface area contributed by atoms with E-state index < -0.39 is 6.03 Å². The second-order valence-corrected chi connectivity index (χ2v) is 8.56. The Kier molecular flexibility index (Phi) is 7.44. The number of hydrogen-bond acceptors (Lipinski definition) is 8. The van der Waals surface area contributed by atoms with Gasteiger partial charge in [0, 0.05) is 17.5 Å². The summed E-state index contributed by atoms with van der Waals surface area (Å²) in [5.41, 5.74) is 1.19. The number of nitrogens with one attached hydrogen (secondary N) is 3. The van der Waals surface area contributed by atoms with Gasteiger partial charge in [-0.3, -0.25) is 5.32 Å². The van der Waals surface area contributed by atoms with E-state index in [2.05, 4.69) is 25.9 Å². The fourth-order valence-corrected chi connectivity index (χ4v) is 3.99. The van der Waals surface area contributed by atoms with Gasteiger partial charge in [-0.1, -0.05) is 17.7 Å². The molecule has 0 saturated carbocycles. The zero-order chi connectivity index (χ0) is 23.0. The minimum atomic E-state index is -0.560. The molecule has 9 nitrogen and oxygen atoms in total. The number of rotatable bonds is 3. The number of aromatic nitrogens is 2. The van der Waals surface area contributed by atoms with Crippen LogP contribution in [-0.4, -0.2) is 29.2 Å². The summed E-state index contributed by atoms with van der Waals surface area (Å²) in [7, 11) is 0. The van der Waals surface area contributed by atoms with E-state index >= 15 is 0 Å². The SMILES string of the molecule is N#Cc1ncc2nc1OCCCCCOc1cc(NCc3cccs3)c(Cl)cc1NC(=O)N2. The number of carbonyl (C=O) groups is 1. The number of nitriles is 1. The Balaban J connectivity index is 1.57. The van der Waals surface area contributed by atoms with Crippen LogP contribution < -0.4 is 25.4 Å². The molecular formula is C22H21ClN6O3S. The van der Waals surface area contributed by atoms with E-state index in [1.165, 1.54) is 11.1 Å². The van der Waals surface area contributed by atoms with Crippen molar-refractivity contribution in [1.29, 1.82) is 5.26 Å². The summed E-state index contributed by atoms with van der Waals surface area (Å²) in [6.07, 6.45) is 3.69. The molecule has 11 heteroatoms. The van der Waals surface area contributed by atoms with Crippen LogP contribution in [0.4, 0.5) is 22.0 Å². The van der Waals surface area contributed by atoms with E-state index in [-0.39, 0.29) is 17.4 Å². The van der Waals surface area contributed by atoms with Crippen LogP contribution in [-0.2, 0) is 6.54 Å². The lowest BCUT2D eigenvalue weighted by molar-refractivity contribution is 0.261. The van der Waals surface area contributed by atoms with Crippen molar-refractivity contribution in [2.75, 3.05) is 29.2 Å². The van der Waals surface area contributed by atoms with E-state index in [1.807, 2.05) is 23.6 Å². The Labute approximate surface area is 199 Å². The first-order chi connectivity index (χ1) is 16.1. The Morgan fingerprint density at radius 1 is 1.21 bits per heavy atom. The van der Waals surface area contributed by atoms with E-state index in [1.54, 1.807) is 23.5 Å². The molecule has 1 aliphatic rings. The number of carbonyl (C=O) groups excluding carboxylic acids is 1. The molecule has 0 aliphatic carbocycles. The van der Waals surface area contributed by atoms with Crippen molar-refractivity contribution < 1.29 is 14.3 Å². The quantitative estimate of drug-likeness (QED) is 0.463. The molecule has 2 aromatic heterocycles. The predicted molar refractivity (Wildman–Crippen MR) is 127 cm³/mol. The third-order valence-corrected chi connectivity index (χ3v) is 5.91. The number of anilines is 3. The molecular weight excluding hydrogens is 464 g/mol. The Morgan fingerprint density at radius 3 is 2.85 bits per heavy atom. The number of nitrogens with zero attached hydrogens (tertiary/aromatic N) is 3. The van der Waals surface area contributed by atoms with Gasteiger partial charge in [-0.2, -0.15) is 10.2 Å². The van der Waals surface area contributed by atoms with E-state index in [0.29, 0.717) is 41.9 Å². The lowest BCUT2D eigenvalue weighted by atomic mass is 10.2. The van der Waals surface area contributed by atoms with Crippen molar-refractivity contribution in [2.45, 2.75) is 25.8 Å². The van der Waals surface area contributed by atoms with Gasteiger partial charge in [0.25, 0.3) is 5.88 Å². The first kappa shape index (κ1) is 22.6. The van der Waals surface area contributed by atoms with E-state index in [0.717, 1.165) is 19.3 Å². The van der Waals surface area contributed by atoms with Gasteiger partial charge in [-0.25, -0.2) is 9.78 Å². The molecule has 3 aromatic rings. The molecule has 4 rings (SSSR count). The molecule has 0 fully saturated rings. The third kappa shape index (κ3) is 6.03. The van der Waals surface area contributed by atoms with Crippen molar-refractivity contribution in [1.82, 2.24) is 9.97 Å². The summed E-state index contributed by atoms with van der Waals surface area (Å²) < 4.78 is 11.6. The van der Waals surface area contributed by atoms with Crippen LogP contribution in [0.3, 0.4) is 0 Å². The van der Waals surface area contributed by atoms with Crippen molar-refractivity contribution in [3.8, 4) is 17.7 Å². The number of thiophene rings is 1. The average molecular weight is 485 g/mol. The second kappa shape index (κ2) is 10.8. The normalized spacial score (nSPS) is 14.1. The van der Waals surface area contributed by atoms with Crippen LogP contribution in [0.2, 0.25) is 5.02 Å². The van der Waals surface area contributed by atoms with Gasteiger partial charge in [0.1, 0.15) is 11.8 Å². The maximum Gasteiger partial charge on any atom is 0.325 e. The number of halogens is 1. The fraction of sp³-hybridized carbons (Fsp3) is 0.273. The molecule has 0 atom stereocenters. The van der Waals surface area contributed by atoms with Crippen LogP contribution in [0.25, 0.3) is 0 Å². The summed E-state index contributed by atoms with van der Waals surface area (Å²) in [6.45, 7) is 1.46. The lowest BCUT2D eigenvalue weighted by Crippen LogP contribution is -2.21. The molecule has 170 valence electrons. The summed E-state index contributed by atoms with van der Waals surface area (Å²) in [4.78, 5) is 22.0. The highest BCUT2D eigenvalue weighted by Gasteiger charge is 2.16. The van der Waals surface area contributed by atoms with Gasteiger partial charge in [0.2, 0.25) is 5.69 Å². The second-order valence-electron chi connectivity index (χ2n) is 7.12. The molecule has 0 saturated heterocycles. The summed E-state index contributed by atoms with van der Waals surface area (Å²) >= 11 is 8.13. The Hall–Kier alpha value is -3.55. The van der Waals surface area contributed by atoms with Gasteiger partial charge in [-0.05, 0) is 36.8 Å². The van der Waals surface area contributed by atoms with Crippen molar-refractivity contribution in [2.24, 2.45) is 0 Å². The van der Waals surface area contributed by atoms with Crippen LogP contribution >= 0.6 is 22.9 Å². The average Bonchev–Trinajstić information content (AvgIpc) is 3.32. The van der Waals surface area contributed by atoms with Crippen LogP contribution in [0.1, 0.15) is 29.8 Å². The first-order valence-corrected chi connectivity index (χ1v) is 11.6. The third-order valence-electron chi connectivity index (χ3n) is 4.72. The fourth-order valence-electron chi connectivity index (χ4n) is 3.11. The lowest BCUT2D eigenvalue weighted by Gasteiger charge is -2.16. The molecule has 0 spiro atoms. The highest BCUT2D eigenvalue weighted by molar-refractivity contribution is 7.09. The molecule has 3 N–H and O–H groups in total. The molecule has 1 aliphatic heterocycles. The topological polar surface area (TPSA) is 121 Å². The molecule has 0 unspecified atom stereocenters. The summed E-state index contributed by atoms with van der Waals surface area (Å²) in [5, 5.41) is 20.3. The zero-order valence-corrected chi connectivity index (χ0v) is 19.1. The number of hydrogen-bond donors (Lipinski definition) is 3. The van der Waals surface area contributed by atoms with Gasteiger partial charge in [0.15, 0.2) is 5.82 Å². The highest BCUT2D eigenvalue weighted by Crippen LogP contribution is 2.35. The van der Waals surface area contributed by atoms with Crippen LogP contribution in [0.5, 0.6) is 11.6 Å². The van der Waals surface area contributed by atoms with Gasteiger partial charge in [-0.15, -0.1) is 11.3 Å². The van der Waals surface area contributed by atoms with E-state index in [9.17, 15) is 10.1 Å². The van der Waals surface area contributed by atoms with Crippen LogP contribution in [0, 0.1) is 11.3 Å². The Morgan fingerprint density at radius 2 is 2.06 bits per heavy atom. The van der Waals surface area contributed by atoms with Gasteiger partial charge in [0.05, 0.1) is 35.8 Å². The molecule has 3 heterocycles. The van der Waals surface area contributed by atoms with Crippen molar-refractivity contribution in [3.05, 3.63) is 51.4 Å². The molecule has 0 radical (unpaired) electrons. The summed E-state index contributed by atoms with van der Waals surface area (Å²) in [5.74, 6) is 0.742. The number of ether oxygens (including phenoxy) is 2. The smallest absolute Gasteiger partial charge is 0.325 e. The minimum absolute atomic E-state index is 0.0633. The first-order valence-electron chi connectivity index (χ1n) is 10.3. The standard InChI is InChI=1S/C22H21ClN6O3S/c23-15-9-17-19(10-16(15)25-12-14-5-4-8-33-14)31-6-2-1-3-7-32-21-18(11-24)26-13-20(28-21)29-22(30)27-17/h4-5,8-10,13,25H,1-3,6-7,12H2,(H2,27,28,29,30). The summed E-state index contributed by atoms with van der Waals surface area (Å²) in [6, 6.07) is 8.84. The van der Waals surface area contributed by atoms with Crippen molar-refractivity contribution >= 4 is 46.2 Å². The van der Waals surface area contributed by atoms with Crippen LogP contribution in [0.15, 0.2) is 35.8 Å². The largest absolute Gasteiger partial charge is 0.491 e. The Bertz CT molecular complexity index is 1170. The number of amides is 2. The minimum Gasteiger partial charge on any atom is -0.491 e. The zero-order valence-electron chi connectivity index (χ0n) is 17.6. The monoisotopic (exact) mass is 484 g/mol. The highest BCUT2D eigenvalue weighted by atomic mass is 35.5. The molecule has 33 heavy (non-hydrogen) atoms. The number of benzene rings is 1. The maximum absolute atomic E-state index is 12.6. The maximum atomic E-state index is 12.6. The predicted octanol–water partition coefficient (Wildman–Crippen LogP) is 5.26. The molecule has 2 bridgehead atoms. The molecule has 2 amide bonds. The number of urea groups is 1. The van der Waals surface area contributed by atoms with Gasteiger partial charge < -0.3 is 20.1 Å². The van der Waals surface area contributed by atoms with Crippen molar-refractivity contribution in [3.63, 3.8) is 0 Å².